The van der Waals surface area contributed by atoms with Crippen LogP contribution in [-0.4, -0.2) is 36.6 Å². The Morgan fingerprint density at radius 3 is 2.38 bits per heavy atom. The van der Waals surface area contributed by atoms with E-state index in [0.717, 1.165) is 12.1 Å². The van der Waals surface area contributed by atoms with Gasteiger partial charge in [-0.05, 0) is 25.0 Å². The van der Waals surface area contributed by atoms with Crippen molar-refractivity contribution >= 4 is 22.0 Å². The molecule has 0 heterocycles. The summed E-state index contributed by atoms with van der Waals surface area (Å²) < 4.78 is 39.2. The van der Waals surface area contributed by atoms with Crippen LogP contribution in [0.1, 0.15) is 19.3 Å². The van der Waals surface area contributed by atoms with Crippen molar-refractivity contribution in [3.63, 3.8) is 0 Å². The van der Waals surface area contributed by atoms with E-state index in [9.17, 15) is 22.4 Å². The summed E-state index contributed by atoms with van der Waals surface area (Å²) in [6, 6.07) is 3.03. The lowest BCUT2D eigenvalue weighted by atomic mass is 10.1. The smallest absolute Gasteiger partial charge is 0.321 e. The number of carbonyl (C=O) groups is 2. The Morgan fingerprint density at radius 2 is 1.86 bits per heavy atom. The van der Waals surface area contributed by atoms with Crippen molar-refractivity contribution in [2.75, 3.05) is 0 Å². The molecule has 9 heteroatoms. The summed E-state index contributed by atoms with van der Waals surface area (Å²) in [5.41, 5.74) is 0. The normalized spacial score (nSPS) is 12.8. The second-order valence-electron chi connectivity index (χ2n) is 4.23. The van der Waals surface area contributed by atoms with Crippen LogP contribution in [0.3, 0.4) is 0 Å². The number of nitrogens with one attached hydrogen (secondary N) is 1. The van der Waals surface area contributed by atoms with Gasteiger partial charge in [0.2, 0.25) is 10.0 Å². The molecule has 0 saturated heterocycles. The minimum Gasteiger partial charge on any atom is -0.481 e. The molecular formula is C12H14FNO6S. The Balaban J connectivity index is 2.85. The highest BCUT2D eigenvalue weighted by Crippen LogP contribution is 2.15. The molecule has 0 amide bonds. The Kier molecular flexibility index (Phi) is 5.79. The fourth-order valence-electron chi connectivity index (χ4n) is 1.60. The maximum atomic E-state index is 13.5. The molecule has 0 aliphatic heterocycles. The van der Waals surface area contributed by atoms with Crippen molar-refractivity contribution in [3.8, 4) is 0 Å². The standard InChI is InChI=1S/C12H14FNO6S/c13-8-4-1-2-6-10(8)21(19,20)14-9(12(17)18)5-3-7-11(15)16/h1-2,4,6,9,14H,3,5,7H2,(H,15,16)(H,17,18)/t9-/m1/s1. The zero-order valence-electron chi connectivity index (χ0n) is 10.8. The first kappa shape index (κ1) is 17.1. The maximum absolute atomic E-state index is 13.5. The average Bonchev–Trinajstić information content (AvgIpc) is 2.37. The van der Waals surface area contributed by atoms with Gasteiger partial charge < -0.3 is 10.2 Å². The molecule has 0 fully saturated rings. The highest BCUT2D eigenvalue weighted by molar-refractivity contribution is 7.89. The zero-order valence-corrected chi connectivity index (χ0v) is 11.6. The molecule has 116 valence electrons. The average molecular weight is 319 g/mol. The van der Waals surface area contributed by atoms with Crippen LogP contribution in [0.5, 0.6) is 0 Å². The van der Waals surface area contributed by atoms with Crippen molar-refractivity contribution < 1.29 is 32.6 Å². The first-order valence-electron chi connectivity index (χ1n) is 5.95. The van der Waals surface area contributed by atoms with Crippen molar-refractivity contribution in [1.82, 2.24) is 4.72 Å². The largest absolute Gasteiger partial charge is 0.481 e. The SMILES string of the molecule is O=C(O)CCC[C@@H](NS(=O)(=O)c1ccccc1F)C(=O)O. The Bertz CT molecular complexity index is 630. The van der Waals surface area contributed by atoms with E-state index in [0.29, 0.717) is 0 Å². The molecule has 21 heavy (non-hydrogen) atoms. The lowest BCUT2D eigenvalue weighted by Crippen LogP contribution is -2.41. The minimum atomic E-state index is -4.34. The number of benzene rings is 1. The molecule has 0 saturated carbocycles. The number of sulfonamides is 1. The monoisotopic (exact) mass is 319 g/mol. The summed E-state index contributed by atoms with van der Waals surface area (Å²) in [5, 5.41) is 17.4. The van der Waals surface area contributed by atoms with Gasteiger partial charge in [-0.3, -0.25) is 9.59 Å². The van der Waals surface area contributed by atoms with Crippen LogP contribution in [0.15, 0.2) is 29.2 Å². The zero-order chi connectivity index (χ0) is 16.0. The summed E-state index contributed by atoms with van der Waals surface area (Å²) in [5.74, 6) is -3.57. The van der Waals surface area contributed by atoms with E-state index >= 15 is 0 Å². The van der Waals surface area contributed by atoms with E-state index in [-0.39, 0.29) is 19.3 Å². The van der Waals surface area contributed by atoms with Gasteiger partial charge in [-0.15, -0.1) is 0 Å². The number of carboxylic acids is 2. The highest BCUT2D eigenvalue weighted by atomic mass is 32.2. The lowest BCUT2D eigenvalue weighted by molar-refractivity contribution is -0.140. The van der Waals surface area contributed by atoms with Crippen LogP contribution in [0, 0.1) is 5.82 Å². The second-order valence-corrected chi connectivity index (χ2v) is 5.91. The first-order chi connectivity index (χ1) is 9.74. The Morgan fingerprint density at radius 1 is 1.24 bits per heavy atom. The molecule has 0 aliphatic carbocycles. The van der Waals surface area contributed by atoms with Crippen molar-refractivity contribution in [1.29, 1.82) is 0 Å². The molecule has 0 aliphatic rings. The van der Waals surface area contributed by atoms with Crippen LogP contribution in [-0.2, 0) is 19.6 Å². The predicted octanol–water partition coefficient (Wildman–Crippen LogP) is 0.812. The summed E-state index contributed by atoms with van der Waals surface area (Å²) in [6.45, 7) is 0. The van der Waals surface area contributed by atoms with Crippen LogP contribution in [0.4, 0.5) is 4.39 Å². The molecule has 1 aromatic carbocycles. The van der Waals surface area contributed by atoms with Gasteiger partial charge in [0.1, 0.15) is 16.8 Å². The summed E-state index contributed by atoms with van der Waals surface area (Å²) in [6.07, 6.45) is -0.521. The maximum Gasteiger partial charge on any atom is 0.321 e. The quantitative estimate of drug-likeness (QED) is 0.652. The molecule has 1 aromatic rings. The van der Waals surface area contributed by atoms with Crippen LogP contribution < -0.4 is 4.72 Å². The molecule has 0 aromatic heterocycles. The van der Waals surface area contributed by atoms with Crippen LogP contribution >= 0.6 is 0 Å². The number of aliphatic carboxylic acids is 2. The molecular weight excluding hydrogens is 305 g/mol. The van der Waals surface area contributed by atoms with Gasteiger partial charge in [0.05, 0.1) is 0 Å². The summed E-state index contributed by atoms with van der Waals surface area (Å²) in [7, 11) is -4.34. The molecule has 0 bridgehead atoms. The minimum absolute atomic E-state index is 0.0217. The van der Waals surface area contributed by atoms with E-state index in [1.54, 1.807) is 0 Å². The van der Waals surface area contributed by atoms with Crippen LogP contribution in [0.25, 0.3) is 0 Å². The number of carboxylic acid groups (broad SMARTS) is 2. The third kappa shape index (κ3) is 5.12. The second kappa shape index (κ2) is 7.14. The van der Waals surface area contributed by atoms with E-state index < -0.39 is 38.7 Å². The topological polar surface area (TPSA) is 121 Å². The molecule has 0 radical (unpaired) electrons. The molecule has 0 unspecified atom stereocenters. The van der Waals surface area contributed by atoms with Gasteiger partial charge in [-0.2, -0.15) is 4.72 Å². The highest BCUT2D eigenvalue weighted by Gasteiger charge is 2.27. The summed E-state index contributed by atoms with van der Waals surface area (Å²) >= 11 is 0. The fourth-order valence-corrected chi connectivity index (χ4v) is 2.91. The Hall–Kier alpha value is -2.00. The molecule has 0 spiro atoms. The van der Waals surface area contributed by atoms with E-state index in [1.165, 1.54) is 12.1 Å². The van der Waals surface area contributed by atoms with Crippen molar-refractivity contribution in [3.05, 3.63) is 30.1 Å². The first-order valence-corrected chi connectivity index (χ1v) is 7.44. The lowest BCUT2D eigenvalue weighted by Gasteiger charge is -2.14. The van der Waals surface area contributed by atoms with Gasteiger partial charge in [0.15, 0.2) is 0 Å². The van der Waals surface area contributed by atoms with E-state index in [4.69, 9.17) is 10.2 Å². The fraction of sp³-hybridized carbons (Fsp3) is 0.333. The summed E-state index contributed by atoms with van der Waals surface area (Å²) in [4.78, 5) is 20.7. The van der Waals surface area contributed by atoms with E-state index in [2.05, 4.69) is 0 Å². The number of rotatable bonds is 8. The van der Waals surface area contributed by atoms with Crippen LogP contribution in [0.2, 0.25) is 0 Å². The molecule has 3 N–H and O–H groups in total. The number of hydrogen-bond acceptors (Lipinski definition) is 4. The van der Waals surface area contributed by atoms with E-state index in [1.807, 2.05) is 4.72 Å². The Labute approximate surface area is 120 Å². The van der Waals surface area contributed by atoms with Gasteiger partial charge in [-0.25, -0.2) is 12.8 Å². The molecule has 1 atom stereocenters. The number of hydrogen-bond donors (Lipinski definition) is 3. The van der Waals surface area contributed by atoms with Gasteiger partial charge in [0.25, 0.3) is 0 Å². The van der Waals surface area contributed by atoms with Crippen molar-refractivity contribution in [2.24, 2.45) is 0 Å². The predicted molar refractivity (Wildman–Crippen MR) is 69.6 cm³/mol. The third-order valence-corrected chi connectivity index (χ3v) is 4.11. The van der Waals surface area contributed by atoms with Gasteiger partial charge >= 0.3 is 11.9 Å². The number of halogens is 1. The van der Waals surface area contributed by atoms with Crippen molar-refractivity contribution in [2.45, 2.75) is 30.2 Å². The third-order valence-electron chi connectivity index (χ3n) is 2.61. The van der Waals surface area contributed by atoms with Gasteiger partial charge in [-0.1, -0.05) is 12.1 Å². The molecule has 7 nitrogen and oxygen atoms in total. The molecule has 1 rings (SSSR count). The van der Waals surface area contributed by atoms with Gasteiger partial charge in [0, 0.05) is 6.42 Å².